The van der Waals surface area contributed by atoms with Gasteiger partial charge in [-0.1, -0.05) is 95.6 Å². The summed E-state index contributed by atoms with van der Waals surface area (Å²) in [5, 5.41) is 6.49. The highest BCUT2D eigenvalue weighted by molar-refractivity contribution is 9.15. The normalized spacial score (nSPS) is 9.67. The summed E-state index contributed by atoms with van der Waals surface area (Å²) in [6.07, 6.45) is 0. The molecule has 0 unspecified atom stereocenters. The smallest absolute Gasteiger partial charge is 0.00188 e. The van der Waals surface area contributed by atoms with Crippen LogP contribution in [0, 0.1) is 0 Å². The third-order valence-corrected chi connectivity index (χ3v) is 5.14. The van der Waals surface area contributed by atoms with Crippen molar-refractivity contribution in [3.8, 4) is 0 Å². The molecule has 18 heavy (non-hydrogen) atoms. The Morgan fingerprint density at radius 3 is 0.500 bits per heavy atom. The van der Waals surface area contributed by atoms with Crippen molar-refractivity contribution in [3.63, 3.8) is 0 Å². The molecule has 0 aliphatic rings. The Balaban J connectivity index is 4.64. The molecule has 0 nitrogen and oxygen atoms in total. The molecular formula is C12H6Br6. The second-order valence-corrected chi connectivity index (χ2v) is 5.88. The largest absolute Gasteiger partial charge is 0.0588 e. The summed E-state index contributed by atoms with van der Waals surface area (Å²) in [5.74, 6) is 0. The Labute approximate surface area is 155 Å². The molecule has 0 saturated carbocycles. The molecule has 1 aromatic rings. The molecule has 0 aliphatic carbocycles. The summed E-state index contributed by atoms with van der Waals surface area (Å²) in [5.41, 5.74) is 0. The van der Waals surface area contributed by atoms with E-state index in [2.05, 4.69) is 95.6 Å². The summed E-state index contributed by atoms with van der Waals surface area (Å²) in [4.78, 5) is 11.4. The van der Waals surface area contributed by atoms with Crippen LogP contribution >= 0.6 is 95.6 Å². The first-order chi connectivity index (χ1) is 8.69. The van der Waals surface area contributed by atoms with Gasteiger partial charge in [-0.25, -0.2) is 0 Å². The molecule has 0 heterocycles. The van der Waals surface area contributed by atoms with E-state index in [1.807, 2.05) is 29.9 Å². The molecule has 0 aliphatic heterocycles. The van der Waals surface area contributed by atoms with E-state index in [0.717, 1.165) is 31.3 Å². The fraction of sp³-hybridized carbons (Fsp3) is 0. The topological polar surface area (TPSA) is 0 Å². The van der Waals surface area contributed by atoms with Crippen LogP contribution in [0.5, 0.6) is 0 Å². The van der Waals surface area contributed by atoms with Gasteiger partial charge in [-0.3, -0.25) is 0 Å². The first kappa shape index (κ1) is 17.4. The zero-order valence-corrected chi connectivity index (χ0v) is 18.2. The Hall–Kier alpha value is 1.32. The maximum atomic E-state index is 3.43. The van der Waals surface area contributed by atoms with Gasteiger partial charge in [-0.15, -0.1) is 0 Å². The molecule has 1 rings (SSSR count). The quantitative estimate of drug-likeness (QED) is 0.414. The fourth-order valence-corrected chi connectivity index (χ4v) is 4.54. The van der Waals surface area contributed by atoms with Crippen molar-refractivity contribution in [2.75, 3.05) is 0 Å². The molecule has 0 amide bonds. The van der Waals surface area contributed by atoms with Crippen molar-refractivity contribution in [2.24, 2.45) is 0 Å². The molecule has 0 atom stereocenters. The highest BCUT2D eigenvalue weighted by atomic mass is 79.9. The lowest BCUT2D eigenvalue weighted by Gasteiger charge is -1.98. The predicted molar refractivity (Wildman–Crippen MR) is 105 cm³/mol. The van der Waals surface area contributed by atoms with E-state index in [9.17, 15) is 0 Å². The van der Waals surface area contributed by atoms with Crippen molar-refractivity contribution in [1.29, 1.82) is 0 Å². The van der Waals surface area contributed by atoms with E-state index in [-0.39, 0.29) is 0 Å². The van der Waals surface area contributed by atoms with Gasteiger partial charge in [0.05, 0.1) is 0 Å². The Morgan fingerprint density at radius 1 is 0.333 bits per heavy atom. The van der Waals surface area contributed by atoms with Gasteiger partial charge in [-0.05, 0) is 61.2 Å². The predicted octanol–water partition coefficient (Wildman–Crippen LogP) is 2.48. The second kappa shape index (κ2) is 8.57. The molecule has 96 valence electrons. The third kappa shape index (κ3) is 3.31. The number of halogens is 6. The van der Waals surface area contributed by atoms with Crippen molar-refractivity contribution >= 4 is 125 Å². The summed E-state index contributed by atoms with van der Waals surface area (Å²) in [7, 11) is 0. The van der Waals surface area contributed by atoms with Crippen LogP contribution < -0.4 is 31.3 Å². The summed E-state index contributed by atoms with van der Waals surface area (Å²) < 4.78 is 0. The second-order valence-electron chi connectivity index (χ2n) is 3.14. The van der Waals surface area contributed by atoms with Crippen molar-refractivity contribution in [1.82, 2.24) is 0 Å². The van der Waals surface area contributed by atoms with Gasteiger partial charge in [0.2, 0.25) is 0 Å². The maximum absolute atomic E-state index is 3.43. The first-order valence-corrected chi connectivity index (χ1v) is 10.0. The molecule has 0 N–H and O–H groups in total. The maximum Gasteiger partial charge on any atom is -0.00188 e. The lowest BCUT2D eigenvalue weighted by Crippen LogP contribution is -2.64. The summed E-state index contributed by atoms with van der Waals surface area (Å²) >= 11 is 20.6. The minimum absolute atomic E-state index is 1.08. The van der Waals surface area contributed by atoms with E-state index in [1.54, 1.807) is 0 Å². The zero-order chi connectivity index (χ0) is 13.7. The van der Waals surface area contributed by atoms with Crippen LogP contribution in [0.4, 0.5) is 0 Å². The zero-order valence-electron chi connectivity index (χ0n) is 8.73. The highest BCUT2D eigenvalue weighted by Crippen LogP contribution is 1.82. The van der Waals surface area contributed by atoms with Crippen LogP contribution in [0.25, 0.3) is 29.9 Å². The Kier molecular flexibility index (Phi) is 8.27. The number of hydrogen-bond acceptors (Lipinski definition) is 0. The third-order valence-electron chi connectivity index (χ3n) is 2.40. The van der Waals surface area contributed by atoms with Crippen molar-refractivity contribution in [2.45, 2.75) is 0 Å². The summed E-state index contributed by atoms with van der Waals surface area (Å²) in [6, 6.07) is 0. The van der Waals surface area contributed by atoms with Crippen molar-refractivity contribution in [3.05, 3.63) is 31.3 Å². The Bertz CT molecular complexity index is 573. The molecule has 0 spiro atoms. The molecule has 0 radical (unpaired) electrons. The van der Waals surface area contributed by atoms with Gasteiger partial charge in [-0.2, -0.15) is 0 Å². The van der Waals surface area contributed by atoms with Crippen LogP contribution in [0.3, 0.4) is 0 Å². The molecule has 0 aromatic heterocycles. The van der Waals surface area contributed by atoms with Gasteiger partial charge in [0.15, 0.2) is 0 Å². The lowest BCUT2D eigenvalue weighted by molar-refractivity contribution is 1.33. The average molecular weight is 630 g/mol. The van der Waals surface area contributed by atoms with E-state index < -0.39 is 0 Å². The number of hydrogen-bond donors (Lipinski definition) is 0. The monoisotopic (exact) mass is 624 g/mol. The molecule has 6 heteroatoms. The van der Waals surface area contributed by atoms with Gasteiger partial charge in [0.25, 0.3) is 0 Å². The van der Waals surface area contributed by atoms with E-state index in [1.165, 1.54) is 0 Å². The fourth-order valence-electron chi connectivity index (χ4n) is 1.58. The number of rotatable bonds is 0. The van der Waals surface area contributed by atoms with Gasteiger partial charge >= 0.3 is 0 Å². The minimum atomic E-state index is 1.08. The molecule has 1 aromatic carbocycles. The van der Waals surface area contributed by atoms with E-state index in [4.69, 9.17) is 0 Å². The highest BCUT2D eigenvalue weighted by Gasteiger charge is 1.98. The van der Waals surface area contributed by atoms with Crippen LogP contribution in [0.1, 0.15) is 0 Å². The van der Waals surface area contributed by atoms with Crippen LogP contribution in [-0.4, -0.2) is 0 Å². The lowest BCUT2D eigenvalue weighted by atomic mass is 10.1. The minimum Gasteiger partial charge on any atom is -0.0588 e. The SMILES string of the molecule is BrC=c1c(=CBr)c(=CBr)c(=CBr)c(=CBr)c1=CBr. The van der Waals surface area contributed by atoms with Crippen LogP contribution in [0.2, 0.25) is 0 Å². The first-order valence-electron chi connectivity index (χ1n) is 4.54. The van der Waals surface area contributed by atoms with E-state index >= 15 is 0 Å². The van der Waals surface area contributed by atoms with Crippen LogP contribution in [-0.2, 0) is 0 Å². The Morgan fingerprint density at radius 2 is 0.444 bits per heavy atom. The number of benzene rings is 1. The van der Waals surface area contributed by atoms with Gasteiger partial charge in [0, 0.05) is 0 Å². The van der Waals surface area contributed by atoms with E-state index in [0.29, 0.717) is 0 Å². The molecule has 0 fully saturated rings. The standard InChI is InChI=1S/C12H6Br6/c13-1-7-8(2-14)10(4-16)12(6-18)11(5-17)9(7)3-15/h1-6H. The molecule has 0 saturated heterocycles. The van der Waals surface area contributed by atoms with Crippen molar-refractivity contribution < 1.29 is 0 Å². The van der Waals surface area contributed by atoms with Gasteiger partial charge in [0.1, 0.15) is 0 Å². The van der Waals surface area contributed by atoms with Gasteiger partial charge < -0.3 is 0 Å². The molecule has 0 bridgehead atoms. The summed E-state index contributed by atoms with van der Waals surface area (Å²) in [6.45, 7) is 0. The average Bonchev–Trinajstić information content (AvgIpc) is 2.43. The molecular weight excluding hydrogens is 624 g/mol. The van der Waals surface area contributed by atoms with Crippen LogP contribution in [0.15, 0.2) is 0 Å².